The van der Waals surface area contributed by atoms with E-state index in [-0.39, 0.29) is 0 Å². The summed E-state index contributed by atoms with van der Waals surface area (Å²) in [5, 5.41) is 13.9. The van der Waals surface area contributed by atoms with Crippen LogP contribution in [0.4, 0.5) is 0 Å². The van der Waals surface area contributed by atoms with Crippen LogP contribution in [0.2, 0.25) is 5.02 Å². The van der Waals surface area contributed by atoms with E-state index >= 15 is 0 Å². The molecule has 108 valence electrons. The van der Waals surface area contributed by atoms with Crippen molar-refractivity contribution in [2.45, 2.75) is 31.8 Å². The fourth-order valence-corrected chi connectivity index (χ4v) is 2.70. The van der Waals surface area contributed by atoms with Gasteiger partial charge in [-0.2, -0.15) is 11.8 Å². The van der Waals surface area contributed by atoms with E-state index in [4.69, 9.17) is 11.6 Å². The van der Waals surface area contributed by atoms with Crippen molar-refractivity contribution in [3.63, 3.8) is 0 Å². The van der Waals surface area contributed by atoms with Crippen LogP contribution in [0.5, 0.6) is 0 Å². The summed E-state index contributed by atoms with van der Waals surface area (Å²) in [6, 6.07) is 7.46. The second-order valence-electron chi connectivity index (χ2n) is 4.65. The molecule has 19 heavy (non-hydrogen) atoms. The summed E-state index contributed by atoms with van der Waals surface area (Å²) in [5.74, 6) is 1.26. The molecule has 0 fully saturated rings. The van der Waals surface area contributed by atoms with E-state index in [1.165, 1.54) is 31.4 Å². The molecule has 4 heteroatoms. The molecule has 2 nitrogen and oxygen atoms in total. The predicted octanol–water partition coefficient (Wildman–Crippen LogP) is 3.89. The lowest BCUT2D eigenvalue weighted by molar-refractivity contribution is 0.175. The van der Waals surface area contributed by atoms with Crippen LogP contribution in [-0.4, -0.2) is 30.2 Å². The first-order chi connectivity index (χ1) is 9.25. The first-order valence-corrected chi connectivity index (χ1v) is 8.65. The van der Waals surface area contributed by atoms with Crippen molar-refractivity contribution in [3.8, 4) is 0 Å². The highest BCUT2D eigenvalue weighted by Gasteiger charge is 2.09. The van der Waals surface area contributed by atoms with Crippen LogP contribution in [-0.2, 0) is 0 Å². The first-order valence-electron chi connectivity index (χ1n) is 6.88. The Labute approximate surface area is 125 Å². The zero-order valence-electron chi connectivity index (χ0n) is 11.6. The number of nitrogens with one attached hydrogen (secondary N) is 1. The summed E-state index contributed by atoms with van der Waals surface area (Å²) in [4.78, 5) is 0. The van der Waals surface area contributed by atoms with Crippen molar-refractivity contribution in [1.82, 2.24) is 5.32 Å². The molecule has 2 N–H and O–H groups in total. The number of rotatable bonds is 10. The van der Waals surface area contributed by atoms with Gasteiger partial charge in [-0.25, -0.2) is 0 Å². The standard InChI is InChI=1S/C15H24ClNOS/c1-19-11-7-3-2-6-10-17-12-15(18)13-8-4-5-9-14(13)16/h4-5,8-9,15,17-18H,2-3,6-7,10-12H2,1H3. The highest BCUT2D eigenvalue weighted by atomic mass is 35.5. The Morgan fingerprint density at radius 2 is 1.95 bits per heavy atom. The lowest BCUT2D eigenvalue weighted by Gasteiger charge is -2.13. The molecule has 0 aromatic heterocycles. The predicted molar refractivity (Wildman–Crippen MR) is 86.1 cm³/mol. The molecule has 0 aliphatic heterocycles. The largest absolute Gasteiger partial charge is 0.387 e. The second-order valence-corrected chi connectivity index (χ2v) is 6.04. The molecule has 1 atom stereocenters. The molecule has 1 aromatic rings. The molecule has 0 aliphatic rings. The van der Waals surface area contributed by atoms with Gasteiger partial charge in [0.05, 0.1) is 6.10 Å². The maximum absolute atomic E-state index is 10.0. The molecule has 1 aromatic carbocycles. The molecule has 0 bridgehead atoms. The van der Waals surface area contributed by atoms with Crippen molar-refractivity contribution in [2.24, 2.45) is 0 Å². The van der Waals surface area contributed by atoms with E-state index in [2.05, 4.69) is 11.6 Å². The summed E-state index contributed by atoms with van der Waals surface area (Å²) in [5.41, 5.74) is 0.802. The number of hydrogen-bond donors (Lipinski definition) is 2. The lowest BCUT2D eigenvalue weighted by Crippen LogP contribution is -2.22. The molecule has 0 radical (unpaired) electrons. The van der Waals surface area contributed by atoms with Crippen molar-refractivity contribution >= 4 is 23.4 Å². The molecule has 1 rings (SSSR count). The van der Waals surface area contributed by atoms with Crippen LogP contribution in [0.25, 0.3) is 0 Å². The van der Waals surface area contributed by atoms with Gasteiger partial charge in [-0.1, -0.05) is 42.6 Å². The quantitative estimate of drug-likeness (QED) is 0.643. The van der Waals surface area contributed by atoms with Crippen molar-refractivity contribution in [3.05, 3.63) is 34.9 Å². The number of benzene rings is 1. The van der Waals surface area contributed by atoms with E-state index in [1.54, 1.807) is 0 Å². The van der Waals surface area contributed by atoms with Crippen LogP contribution < -0.4 is 5.32 Å². The number of unbranched alkanes of at least 4 members (excludes halogenated alkanes) is 3. The summed E-state index contributed by atoms with van der Waals surface area (Å²) >= 11 is 7.95. The average molecular weight is 302 g/mol. The fourth-order valence-electron chi connectivity index (χ4n) is 1.94. The first kappa shape index (κ1) is 16.8. The second kappa shape index (κ2) is 10.6. The van der Waals surface area contributed by atoms with E-state index in [0.29, 0.717) is 11.6 Å². The third-order valence-electron chi connectivity index (χ3n) is 3.05. The Hall–Kier alpha value is -0.220. The van der Waals surface area contributed by atoms with Crippen molar-refractivity contribution < 1.29 is 5.11 Å². The van der Waals surface area contributed by atoms with Gasteiger partial charge in [0.15, 0.2) is 0 Å². The summed E-state index contributed by atoms with van der Waals surface area (Å²) in [6.45, 7) is 1.52. The highest BCUT2D eigenvalue weighted by molar-refractivity contribution is 7.98. The van der Waals surface area contributed by atoms with Gasteiger partial charge < -0.3 is 10.4 Å². The Morgan fingerprint density at radius 1 is 1.21 bits per heavy atom. The highest BCUT2D eigenvalue weighted by Crippen LogP contribution is 2.21. The van der Waals surface area contributed by atoms with Crippen LogP contribution >= 0.6 is 23.4 Å². The molecular formula is C15H24ClNOS. The van der Waals surface area contributed by atoms with Crippen molar-refractivity contribution in [1.29, 1.82) is 0 Å². The molecule has 0 aliphatic carbocycles. The fraction of sp³-hybridized carbons (Fsp3) is 0.600. The molecule has 0 spiro atoms. The third-order valence-corrected chi connectivity index (χ3v) is 4.10. The van der Waals surface area contributed by atoms with Gasteiger partial charge in [-0.05, 0) is 37.5 Å². The van der Waals surface area contributed by atoms with E-state index in [0.717, 1.165) is 12.1 Å². The summed E-state index contributed by atoms with van der Waals surface area (Å²) in [7, 11) is 0. The minimum Gasteiger partial charge on any atom is -0.387 e. The van der Waals surface area contributed by atoms with Gasteiger partial charge in [-0.3, -0.25) is 0 Å². The Morgan fingerprint density at radius 3 is 2.68 bits per heavy atom. The monoisotopic (exact) mass is 301 g/mol. The van der Waals surface area contributed by atoms with Crippen molar-refractivity contribution in [2.75, 3.05) is 25.1 Å². The summed E-state index contributed by atoms with van der Waals surface area (Å²) < 4.78 is 0. The van der Waals surface area contributed by atoms with E-state index in [1.807, 2.05) is 36.0 Å². The minimum absolute atomic E-state index is 0.523. The topological polar surface area (TPSA) is 32.3 Å². The van der Waals surface area contributed by atoms with Gasteiger partial charge in [0.2, 0.25) is 0 Å². The molecule has 0 saturated carbocycles. The zero-order valence-corrected chi connectivity index (χ0v) is 13.1. The van der Waals surface area contributed by atoms with Crippen LogP contribution in [0.3, 0.4) is 0 Å². The number of thioether (sulfide) groups is 1. The normalized spacial score (nSPS) is 12.6. The van der Waals surface area contributed by atoms with Crippen LogP contribution in [0.1, 0.15) is 37.4 Å². The Balaban J connectivity index is 2.08. The SMILES string of the molecule is CSCCCCCCNCC(O)c1ccccc1Cl. The number of aliphatic hydroxyl groups is 1. The van der Waals surface area contributed by atoms with Gasteiger partial charge in [0.1, 0.15) is 0 Å². The lowest BCUT2D eigenvalue weighted by atomic mass is 10.1. The van der Waals surface area contributed by atoms with E-state index < -0.39 is 6.10 Å². The number of aliphatic hydroxyl groups excluding tert-OH is 1. The van der Waals surface area contributed by atoms with Crippen LogP contribution in [0, 0.1) is 0 Å². The van der Waals surface area contributed by atoms with Gasteiger partial charge in [0.25, 0.3) is 0 Å². The molecular weight excluding hydrogens is 278 g/mol. The summed E-state index contributed by atoms with van der Waals surface area (Å²) in [6.07, 6.45) is 6.67. The Bertz CT molecular complexity index is 349. The molecule has 1 unspecified atom stereocenters. The third kappa shape index (κ3) is 7.21. The van der Waals surface area contributed by atoms with Gasteiger partial charge in [-0.15, -0.1) is 0 Å². The van der Waals surface area contributed by atoms with Crippen LogP contribution in [0.15, 0.2) is 24.3 Å². The van der Waals surface area contributed by atoms with Gasteiger partial charge >= 0.3 is 0 Å². The Kier molecular flexibility index (Phi) is 9.35. The van der Waals surface area contributed by atoms with Gasteiger partial charge in [0, 0.05) is 17.1 Å². The minimum atomic E-state index is -0.523. The molecule has 0 amide bonds. The molecule has 0 heterocycles. The molecule has 0 saturated heterocycles. The smallest absolute Gasteiger partial charge is 0.0928 e. The maximum atomic E-state index is 10.0. The number of hydrogen-bond acceptors (Lipinski definition) is 3. The van der Waals surface area contributed by atoms with E-state index in [9.17, 15) is 5.11 Å². The maximum Gasteiger partial charge on any atom is 0.0928 e. The zero-order chi connectivity index (χ0) is 13.9. The number of halogens is 1. The average Bonchev–Trinajstić information content (AvgIpc) is 2.42.